The number of halogens is 2. The molecule has 0 heterocycles. The lowest BCUT2D eigenvalue weighted by Gasteiger charge is -2.23. The number of nitro benzene ring substituents is 1. The predicted molar refractivity (Wildman–Crippen MR) is 146 cm³/mol. The third kappa shape index (κ3) is 10.1. The van der Waals surface area contributed by atoms with Gasteiger partial charge in [-0.1, -0.05) is 18.2 Å². The fourth-order valence-electron chi connectivity index (χ4n) is 3.83. The molecule has 19 heteroatoms. The summed E-state index contributed by atoms with van der Waals surface area (Å²) in [6, 6.07) is 2.21. The Morgan fingerprint density at radius 1 is 0.889 bits per heavy atom. The standard InChI is InChI=1S/C26H27F2N5O12/c27-26(28,11-17(24(41)42)31-21(36)13-3-1-2-4-14(13)29)25(43)32-15(22(37)38)6-8-20(35)30-16(23(39)40)9-12-5-7-19(34)18(10-12)33(44)45/h1-5,7,10,15-17,34H,6,8-9,11,29H2,(H,30,35)(H,31,36)(H,32,43)(H,37,38)(H,39,40)(H,41,42)/t15-,16-,17-/m0/s1. The van der Waals surface area contributed by atoms with Crippen LogP contribution >= 0.6 is 0 Å². The number of phenols is 1. The summed E-state index contributed by atoms with van der Waals surface area (Å²) in [5.41, 5.74) is 4.61. The number of nitrogens with one attached hydrogen (secondary N) is 3. The van der Waals surface area contributed by atoms with E-state index < -0.39 is 102 Å². The lowest BCUT2D eigenvalue weighted by atomic mass is 10.0. The molecule has 0 aromatic heterocycles. The molecule has 242 valence electrons. The zero-order valence-electron chi connectivity index (χ0n) is 22.9. The Kier molecular flexibility index (Phi) is 11.8. The average molecular weight is 640 g/mol. The molecule has 0 bridgehead atoms. The van der Waals surface area contributed by atoms with Crippen LogP contribution in [-0.4, -0.2) is 85.0 Å². The summed E-state index contributed by atoms with van der Waals surface area (Å²) in [6.45, 7) is 0. The number of carbonyl (C=O) groups is 6. The predicted octanol–water partition coefficient (Wildman–Crippen LogP) is 0.253. The zero-order chi connectivity index (χ0) is 34.1. The summed E-state index contributed by atoms with van der Waals surface area (Å²) < 4.78 is 29.4. The number of carboxylic acid groups (broad SMARTS) is 3. The summed E-state index contributed by atoms with van der Waals surface area (Å²) in [7, 11) is 0. The quantitative estimate of drug-likeness (QED) is 0.0695. The van der Waals surface area contributed by atoms with Crippen LogP contribution in [0.3, 0.4) is 0 Å². The summed E-state index contributed by atoms with van der Waals surface area (Å²) in [5, 5.41) is 54.0. The largest absolute Gasteiger partial charge is 0.502 e. The Bertz CT molecular complexity index is 1500. The van der Waals surface area contributed by atoms with E-state index in [0.717, 1.165) is 18.2 Å². The lowest BCUT2D eigenvalue weighted by Crippen LogP contribution is -2.53. The molecule has 2 aromatic carbocycles. The maximum atomic E-state index is 14.7. The van der Waals surface area contributed by atoms with Crippen LogP contribution in [0.25, 0.3) is 0 Å². The van der Waals surface area contributed by atoms with Crippen molar-refractivity contribution in [1.29, 1.82) is 0 Å². The van der Waals surface area contributed by atoms with E-state index in [1.165, 1.54) is 29.6 Å². The summed E-state index contributed by atoms with van der Waals surface area (Å²) in [4.78, 5) is 81.8. The lowest BCUT2D eigenvalue weighted by molar-refractivity contribution is -0.385. The van der Waals surface area contributed by atoms with Crippen molar-refractivity contribution in [1.82, 2.24) is 16.0 Å². The molecule has 45 heavy (non-hydrogen) atoms. The molecule has 3 atom stereocenters. The highest BCUT2D eigenvalue weighted by Crippen LogP contribution is 2.27. The number of nitrogen functional groups attached to an aromatic ring is 1. The molecule has 9 N–H and O–H groups in total. The number of nitro groups is 1. The topological polar surface area (TPSA) is 289 Å². The highest BCUT2D eigenvalue weighted by molar-refractivity contribution is 6.01. The SMILES string of the molecule is Nc1ccccc1C(=O)N[C@@H](CC(F)(F)C(=O)N[C@@H](CCC(=O)N[C@@H](Cc1ccc(O)c([N+](=O)[O-])c1)C(=O)O)C(=O)O)C(=O)O. The third-order valence-corrected chi connectivity index (χ3v) is 6.17. The maximum absolute atomic E-state index is 14.7. The van der Waals surface area contributed by atoms with Crippen LogP contribution in [0.15, 0.2) is 42.5 Å². The number of anilines is 1. The Hall–Kier alpha value is -5.88. The number of hydrogen-bond donors (Lipinski definition) is 8. The first-order chi connectivity index (χ1) is 20.9. The molecule has 2 rings (SSSR count). The molecule has 0 aliphatic carbocycles. The van der Waals surface area contributed by atoms with Crippen molar-refractivity contribution in [2.45, 2.75) is 49.7 Å². The summed E-state index contributed by atoms with van der Waals surface area (Å²) in [5.74, 6) is -15.1. The second kappa shape index (κ2) is 15.0. The monoisotopic (exact) mass is 639 g/mol. The van der Waals surface area contributed by atoms with E-state index in [-0.39, 0.29) is 16.8 Å². The minimum Gasteiger partial charge on any atom is -0.502 e. The van der Waals surface area contributed by atoms with Crippen LogP contribution in [0.4, 0.5) is 20.2 Å². The number of benzene rings is 2. The minimum atomic E-state index is -4.53. The van der Waals surface area contributed by atoms with Gasteiger partial charge in [-0.15, -0.1) is 0 Å². The normalized spacial score (nSPS) is 13.0. The second-order valence-electron chi connectivity index (χ2n) is 9.51. The maximum Gasteiger partial charge on any atom is 0.327 e. The zero-order valence-corrected chi connectivity index (χ0v) is 22.9. The van der Waals surface area contributed by atoms with E-state index in [9.17, 15) is 68.1 Å². The van der Waals surface area contributed by atoms with Gasteiger partial charge in [0, 0.05) is 24.6 Å². The van der Waals surface area contributed by atoms with E-state index in [1.54, 1.807) is 0 Å². The number of aliphatic carboxylic acids is 3. The first kappa shape index (κ1) is 35.3. The molecule has 0 saturated heterocycles. The summed E-state index contributed by atoms with van der Waals surface area (Å²) in [6.07, 6.45) is -3.89. The molecule has 0 unspecified atom stereocenters. The van der Waals surface area contributed by atoms with Gasteiger partial charge >= 0.3 is 29.5 Å². The van der Waals surface area contributed by atoms with Crippen molar-refractivity contribution in [3.63, 3.8) is 0 Å². The molecule has 3 amide bonds. The second-order valence-corrected chi connectivity index (χ2v) is 9.51. The molecule has 0 radical (unpaired) electrons. The Labute approximate surface area is 251 Å². The van der Waals surface area contributed by atoms with Crippen LogP contribution < -0.4 is 21.7 Å². The number of alkyl halides is 2. The number of aromatic hydroxyl groups is 1. The number of hydrogen-bond acceptors (Lipinski definition) is 10. The number of carboxylic acids is 3. The smallest absolute Gasteiger partial charge is 0.327 e. The number of nitrogens with zero attached hydrogens (tertiary/aromatic N) is 1. The van der Waals surface area contributed by atoms with E-state index in [0.29, 0.717) is 0 Å². The van der Waals surface area contributed by atoms with Crippen molar-refractivity contribution in [3.8, 4) is 5.75 Å². The van der Waals surface area contributed by atoms with Gasteiger partial charge in [0.15, 0.2) is 5.75 Å². The minimum absolute atomic E-state index is 0.0354. The van der Waals surface area contributed by atoms with E-state index in [4.69, 9.17) is 5.73 Å². The molecule has 0 aliphatic heterocycles. The molecule has 0 fully saturated rings. The third-order valence-electron chi connectivity index (χ3n) is 6.17. The van der Waals surface area contributed by atoms with Crippen LogP contribution in [0.1, 0.15) is 35.2 Å². The number of amides is 3. The van der Waals surface area contributed by atoms with Crippen LogP contribution in [-0.2, 0) is 30.4 Å². The first-order valence-electron chi connectivity index (χ1n) is 12.7. The Morgan fingerprint density at radius 2 is 1.49 bits per heavy atom. The summed E-state index contributed by atoms with van der Waals surface area (Å²) >= 11 is 0. The molecule has 0 aliphatic rings. The Balaban J connectivity index is 2.04. The number of carbonyl (C=O) groups excluding carboxylic acids is 3. The highest BCUT2D eigenvalue weighted by Gasteiger charge is 2.45. The van der Waals surface area contributed by atoms with Gasteiger partial charge in [-0.05, 0) is 30.2 Å². The molecule has 2 aromatic rings. The van der Waals surface area contributed by atoms with Crippen LogP contribution in [0.5, 0.6) is 5.75 Å². The highest BCUT2D eigenvalue weighted by atomic mass is 19.3. The van der Waals surface area contributed by atoms with Crippen LogP contribution in [0.2, 0.25) is 0 Å². The van der Waals surface area contributed by atoms with Gasteiger partial charge in [0.25, 0.3) is 11.8 Å². The van der Waals surface area contributed by atoms with Crippen molar-refractivity contribution in [3.05, 3.63) is 63.7 Å². The van der Waals surface area contributed by atoms with Crippen molar-refractivity contribution in [2.24, 2.45) is 0 Å². The van der Waals surface area contributed by atoms with Gasteiger partial charge in [-0.2, -0.15) is 8.78 Å². The number of rotatable bonds is 16. The van der Waals surface area contributed by atoms with Gasteiger partial charge in [-0.25, -0.2) is 14.4 Å². The Morgan fingerprint density at radius 3 is 2.04 bits per heavy atom. The number of nitrogens with two attached hydrogens (primary N) is 1. The number of para-hydroxylation sites is 1. The van der Waals surface area contributed by atoms with Gasteiger partial charge in [-0.3, -0.25) is 24.5 Å². The fraction of sp³-hybridized carbons (Fsp3) is 0.308. The van der Waals surface area contributed by atoms with Gasteiger partial charge in [0.05, 0.1) is 16.9 Å². The number of phenolic OH excluding ortho intramolecular Hbond substituents is 1. The van der Waals surface area contributed by atoms with E-state index in [1.807, 2.05) is 10.6 Å². The molecular weight excluding hydrogens is 612 g/mol. The van der Waals surface area contributed by atoms with Crippen LogP contribution in [0, 0.1) is 10.1 Å². The molecule has 0 spiro atoms. The van der Waals surface area contributed by atoms with Gasteiger partial charge < -0.3 is 42.1 Å². The van der Waals surface area contributed by atoms with E-state index in [2.05, 4.69) is 0 Å². The molecular formula is C26H27F2N5O12. The van der Waals surface area contributed by atoms with Crippen molar-refractivity contribution in [2.75, 3.05) is 5.73 Å². The van der Waals surface area contributed by atoms with E-state index >= 15 is 0 Å². The fourth-order valence-corrected chi connectivity index (χ4v) is 3.83. The molecule has 0 saturated carbocycles. The van der Waals surface area contributed by atoms with Crippen molar-refractivity contribution < 1.29 is 62.9 Å². The van der Waals surface area contributed by atoms with Crippen molar-refractivity contribution >= 4 is 47.0 Å². The average Bonchev–Trinajstić information content (AvgIpc) is 2.94. The van der Waals surface area contributed by atoms with Gasteiger partial charge in [0.2, 0.25) is 5.91 Å². The first-order valence-corrected chi connectivity index (χ1v) is 12.7. The molecule has 17 nitrogen and oxygen atoms in total. The van der Waals surface area contributed by atoms with Gasteiger partial charge in [0.1, 0.15) is 18.1 Å².